The molecule has 2 amide bonds. The van der Waals surface area contributed by atoms with Gasteiger partial charge in [-0.15, -0.1) is 0 Å². The van der Waals surface area contributed by atoms with Crippen LogP contribution in [0.5, 0.6) is 0 Å². The van der Waals surface area contributed by atoms with Gasteiger partial charge in [0.05, 0.1) is 49.4 Å². The van der Waals surface area contributed by atoms with Gasteiger partial charge in [0.15, 0.2) is 5.78 Å². The number of hydrogen-bond donors (Lipinski definition) is 2. The van der Waals surface area contributed by atoms with Gasteiger partial charge >= 0.3 is 11.9 Å². The lowest BCUT2D eigenvalue weighted by Crippen LogP contribution is -2.55. The predicted molar refractivity (Wildman–Crippen MR) is 281 cm³/mol. The van der Waals surface area contributed by atoms with E-state index in [0.717, 1.165) is 37.7 Å². The smallest absolute Gasteiger partial charge is 0.337 e. The first-order valence-electron chi connectivity index (χ1n) is 26.3. The summed E-state index contributed by atoms with van der Waals surface area (Å²) in [5.41, 5.74) is 2.69. The van der Waals surface area contributed by atoms with Crippen LogP contribution in [0.25, 0.3) is 6.08 Å². The van der Waals surface area contributed by atoms with Crippen molar-refractivity contribution in [3.63, 3.8) is 0 Å². The number of aliphatic carboxylic acids is 1. The monoisotopic (exact) mass is 988 g/mol. The number of carboxylic acids is 1. The summed E-state index contributed by atoms with van der Waals surface area (Å²) in [6.07, 6.45) is 10.4. The van der Waals surface area contributed by atoms with Gasteiger partial charge in [-0.25, -0.2) is 4.79 Å². The molecule has 396 valence electrons. The summed E-state index contributed by atoms with van der Waals surface area (Å²) >= 11 is 0. The SMILES string of the molecule is CCC(C)C(CCC(C)C(=O)C(NC(=O)C(C(C)C)N(C)CCCC(=O)O)C(C)C)C(CC(=O)N1CCCC1C(OC)C(C)C(=O)CCCC(C=Cc1ccc(C(=O)OC)cc1)Cc1ccccc1)OC. The average molecular weight is 988 g/mol. The number of nitrogens with one attached hydrogen (secondary N) is 1. The lowest BCUT2D eigenvalue weighted by atomic mass is 9.79. The van der Waals surface area contributed by atoms with Crippen molar-refractivity contribution in [1.82, 2.24) is 15.1 Å². The molecule has 2 N–H and O–H groups in total. The number of allylic oxidation sites excluding steroid dienone is 1. The lowest BCUT2D eigenvalue weighted by Gasteiger charge is -2.36. The molecule has 1 aliphatic rings. The highest BCUT2D eigenvalue weighted by atomic mass is 16.5. The molecule has 0 aromatic heterocycles. The molecule has 10 atom stereocenters. The third-order valence-corrected chi connectivity index (χ3v) is 15.0. The quantitative estimate of drug-likeness (QED) is 0.0653. The number of nitrogens with zero attached hydrogens (tertiary/aromatic N) is 2. The number of carbonyl (C=O) groups excluding carboxylic acids is 5. The number of esters is 1. The molecule has 1 fully saturated rings. The zero-order valence-electron chi connectivity index (χ0n) is 45.2. The summed E-state index contributed by atoms with van der Waals surface area (Å²) in [5, 5.41) is 12.2. The third-order valence-electron chi connectivity index (χ3n) is 15.0. The van der Waals surface area contributed by atoms with Crippen molar-refractivity contribution in [3.05, 3.63) is 77.4 Å². The zero-order chi connectivity index (χ0) is 52.8. The van der Waals surface area contributed by atoms with Crippen LogP contribution in [0.1, 0.15) is 148 Å². The first-order chi connectivity index (χ1) is 33.8. The Labute approximate surface area is 426 Å². The number of carbonyl (C=O) groups is 6. The lowest BCUT2D eigenvalue weighted by molar-refractivity contribution is -0.142. The molecule has 71 heavy (non-hydrogen) atoms. The van der Waals surface area contributed by atoms with Crippen molar-refractivity contribution >= 4 is 41.4 Å². The zero-order valence-corrected chi connectivity index (χ0v) is 45.2. The van der Waals surface area contributed by atoms with E-state index in [0.29, 0.717) is 50.8 Å². The highest BCUT2D eigenvalue weighted by molar-refractivity contribution is 5.92. The van der Waals surface area contributed by atoms with Gasteiger partial charge in [0.1, 0.15) is 5.78 Å². The maximum absolute atomic E-state index is 14.4. The summed E-state index contributed by atoms with van der Waals surface area (Å²) in [6.45, 7) is 16.9. The first kappa shape index (κ1) is 60.6. The van der Waals surface area contributed by atoms with E-state index >= 15 is 0 Å². The highest BCUT2D eigenvalue weighted by Gasteiger charge is 2.41. The fraction of sp³-hybridized carbons (Fsp3) is 0.655. The number of rotatable bonds is 33. The van der Waals surface area contributed by atoms with Crippen LogP contribution in [0.4, 0.5) is 0 Å². The summed E-state index contributed by atoms with van der Waals surface area (Å²) in [7, 11) is 6.47. The number of amides is 2. The van der Waals surface area contributed by atoms with Gasteiger partial charge < -0.3 is 29.5 Å². The number of benzene rings is 2. The first-order valence-corrected chi connectivity index (χ1v) is 26.3. The number of likely N-dealkylation sites (tertiary alicyclic amines) is 1. The van der Waals surface area contributed by atoms with Crippen LogP contribution >= 0.6 is 0 Å². The Balaban J connectivity index is 1.66. The van der Waals surface area contributed by atoms with Gasteiger partial charge in [0.2, 0.25) is 11.8 Å². The van der Waals surface area contributed by atoms with Crippen LogP contribution in [0.2, 0.25) is 0 Å². The molecule has 3 rings (SSSR count). The van der Waals surface area contributed by atoms with Crippen LogP contribution < -0.4 is 5.32 Å². The highest BCUT2D eigenvalue weighted by Crippen LogP contribution is 2.33. The van der Waals surface area contributed by atoms with E-state index in [-0.39, 0.29) is 89.8 Å². The van der Waals surface area contributed by atoms with Crippen LogP contribution in [-0.2, 0) is 44.6 Å². The van der Waals surface area contributed by atoms with E-state index in [1.165, 1.54) is 12.7 Å². The topological polar surface area (TPSA) is 169 Å². The molecule has 2 aromatic rings. The van der Waals surface area contributed by atoms with Crippen LogP contribution in [0, 0.1) is 41.4 Å². The summed E-state index contributed by atoms with van der Waals surface area (Å²) in [6, 6.07) is 16.2. The predicted octanol–water partition coefficient (Wildman–Crippen LogP) is 9.74. The second-order valence-electron chi connectivity index (χ2n) is 20.9. The van der Waals surface area contributed by atoms with Gasteiger partial charge in [-0.1, -0.05) is 116 Å². The molecule has 1 heterocycles. The minimum absolute atomic E-state index is 0.00600. The van der Waals surface area contributed by atoms with Crippen molar-refractivity contribution in [1.29, 1.82) is 0 Å². The second kappa shape index (κ2) is 31.0. The minimum Gasteiger partial charge on any atom is -0.481 e. The number of hydrogen-bond acceptors (Lipinski definition) is 10. The standard InChI is InChI=1S/C58H89N3O10/c1-13-40(6)47(33-26-41(7)55(66)53(38(2)3)59-57(67)54(39(4)5)60(9)34-19-25-52(64)65)50(69-10)37-51(63)61-35-18-23-48(61)56(70-11)42(8)49(62)24-17-22-45(36-44-20-15-14-16-21-44)28-27-43-29-31-46(32-30-43)58(68)71-12/h14-16,20-21,27-32,38-42,45,47-48,50,53-54,56H,13,17-19,22-26,33-37H2,1-12H3,(H,59,67)(H,64,65). The van der Waals surface area contributed by atoms with Gasteiger partial charge in [-0.3, -0.25) is 28.9 Å². The van der Waals surface area contributed by atoms with E-state index in [2.05, 4.69) is 43.4 Å². The Bertz CT molecular complexity index is 1990. The Morgan fingerprint density at radius 2 is 1.52 bits per heavy atom. The molecule has 1 saturated heterocycles. The van der Waals surface area contributed by atoms with E-state index in [1.807, 2.05) is 88.7 Å². The van der Waals surface area contributed by atoms with Gasteiger partial charge in [0.25, 0.3) is 0 Å². The summed E-state index contributed by atoms with van der Waals surface area (Å²) in [4.78, 5) is 83.0. The fourth-order valence-electron chi connectivity index (χ4n) is 10.5. The molecule has 0 spiro atoms. The van der Waals surface area contributed by atoms with Crippen LogP contribution in [-0.4, -0.2) is 122 Å². The largest absolute Gasteiger partial charge is 0.481 e. The number of carboxylic acid groups (broad SMARTS) is 1. The molecule has 0 saturated carbocycles. The van der Waals surface area contributed by atoms with Crippen molar-refractivity contribution < 1.29 is 48.1 Å². The Kier molecular flexibility index (Phi) is 26.5. The number of ketones is 2. The summed E-state index contributed by atoms with van der Waals surface area (Å²) in [5.74, 6) is -2.02. The Hall–Kier alpha value is -4.72. The fourth-order valence-corrected chi connectivity index (χ4v) is 10.5. The van der Waals surface area contributed by atoms with Gasteiger partial charge in [-0.2, -0.15) is 0 Å². The molecule has 0 aliphatic carbocycles. The third kappa shape index (κ3) is 19.0. The van der Waals surface area contributed by atoms with E-state index < -0.39 is 30.1 Å². The molecule has 1 aliphatic heterocycles. The van der Waals surface area contributed by atoms with Crippen LogP contribution in [0.3, 0.4) is 0 Å². The van der Waals surface area contributed by atoms with E-state index in [9.17, 15) is 28.8 Å². The Morgan fingerprint density at radius 1 is 0.845 bits per heavy atom. The molecular weight excluding hydrogens is 899 g/mol. The molecule has 0 radical (unpaired) electrons. The molecule has 13 nitrogen and oxygen atoms in total. The molecule has 13 heteroatoms. The number of methoxy groups -OCH3 is 3. The van der Waals surface area contributed by atoms with E-state index in [1.54, 1.807) is 26.4 Å². The second-order valence-corrected chi connectivity index (χ2v) is 20.9. The van der Waals surface area contributed by atoms with Crippen molar-refractivity contribution in [3.8, 4) is 0 Å². The maximum atomic E-state index is 14.4. The van der Waals surface area contributed by atoms with Crippen molar-refractivity contribution in [2.45, 2.75) is 163 Å². The Morgan fingerprint density at radius 3 is 2.10 bits per heavy atom. The minimum atomic E-state index is -0.875. The van der Waals surface area contributed by atoms with Gasteiger partial charge in [-0.05, 0) is 118 Å². The van der Waals surface area contributed by atoms with Crippen molar-refractivity contribution in [2.24, 2.45) is 41.4 Å². The average Bonchev–Trinajstić information content (AvgIpc) is 3.83. The summed E-state index contributed by atoms with van der Waals surface area (Å²) < 4.78 is 17.1. The van der Waals surface area contributed by atoms with Crippen molar-refractivity contribution in [2.75, 3.05) is 41.5 Å². The molecular formula is C58H89N3O10. The van der Waals surface area contributed by atoms with E-state index in [4.69, 9.17) is 19.3 Å². The van der Waals surface area contributed by atoms with Crippen LogP contribution in [0.15, 0.2) is 60.7 Å². The molecule has 2 aromatic carbocycles. The number of Topliss-reactive ketones (excluding diaryl/α,β-unsaturated/α-hetero) is 2. The normalized spacial score (nSPS) is 17.9. The number of likely N-dealkylation sites (N-methyl/N-ethyl adjacent to an activating group) is 1. The molecule has 10 unspecified atom stereocenters. The maximum Gasteiger partial charge on any atom is 0.337 e. The molecule has 0 bridgehead atoms. The number of ether oxygens (including phenoxy) is 3. The van der Waals surface area contributed by atoms with Gasteiger partial charge in [0, 0.05) is 45.4 Å².